The van der Waals surface area contributed by atoms with Crippen LogP contribution in [0.5, 0.6) is 0 Å². The highest BCUT2D eigenvalue weighted by Gasteiger charge is 2.22. The van der Waals surface area contributed by atoms with Crippen molar-refractivity contribution in [1.82, 2.24) is 14.5 Å². The van der Waals surface area contributed by atoms with Crippen LogP contribution in [0.1, 0.15) is 0 Å². The Hall–Kier alpha value is -1.95. The Morgan fingerprint density at radius 1 is 1.20 bits per heavy atom. The van der Waals surface area contributed by atoms with Crippen molar-refractivity contribution in [2.75, 3.05) is 62.9 Å². The first-order valence-electron chi connectivity index (χ1n) is 6.95. The average molecular weight is 274 g/mol. The van der Waals surface area contributed by atoms with E-state index in [4.69, 9.17) is 5.73 Å². The lowest BCUT2D eigenvalue weighted by Crippen LogP contribution is -2.44. The summed E-state index contributed by atoms with van der Waals surface area (Å²) in [6.07, 6.45) is 1.96. The minimum Gasteiger partial charge on any atom is -0.394 e. The molecular weight excluding hydrogens is 252 g/mol. The summed E-state index contributed by atoms with van der Waals surface area (Å²) >= 11 is 0. The topological polar surface area (TPSA) is 53.0 Å². The molecule has 0 unspecified atom stereocenters. The van der Waals surface area contributed by atoms with Gasteiger partial charge < -0.3 is 20.4 Å². The van der Waals surface area contributed by atoms with Crippen molar-refractivity contribution >= 4 is 22.7 Å². The Balaban J connectivity index is 2.05. The number of nitrogens with zero attached hydrogens (tertiary/aromatic N) is 5. The molecule has 6 heteroatoms. The molecule has 1 fully saturated rings. The maximum absolute atomic E-state index is 6.38. The summed E-state index contributed by atoms with van der Waals surface area (Å²) in [6, 6.07) is 4.07. The van der Waals surface area contributed by atoms with Crippen LogP contribution >= 0.6 is 0 Å². The molecule has 0 saturated carbocycles. The van der Waals surface area contributed by atoms with Gasteiger partial charge in [-0.15, -0.1) is 5.10 Å². The summed E-state index contributed by atoms with van der Waals surface area (Å²) < 4.78 is 1.89. The molecule has 1 aliphatic rings. The first-order chi connectivity index (χ1) is 9.58. The second kappa shape index (κ2) is 4.86. The fraction of sp³-hybridized carbons (Fsp3) is 0.500. The van der Waals surface area contributed by atoms with Gasteiger partial charge in [0.25, 0.3) is 0 Å². The summed E-state index contributed by atoms with van der Waals surface area (Å²) in [5.74, 6) is 0.910. The number of rotatable bonds is 2. The third kappa shape index (κ3) is 2.06. The highest BCUT2D eigenvalue weighted by atomic mass is 15.4. The van der Waals surface area contributed by atoms with Gasteiger partial charge in [-0.3, -0.25) is 0 Å². The Morgan fingerprint density at radius 3 is 2.55 bits per heavy atom. The fourth-order valence-electron chi connectivity index (χ4n) is 2.71. The number of anilines is 3. The van der Waals surface area contributed by atoms with Crippen LogP contribution in [0.2, 0.25) is 0 Å². The molecule has 0 radical (unpaired) electrons. The van der Waals surface area contributed by atoms with Crippen LogP contribution in [0, 0.1) is 0 Å². The Kier molecular flexibility index (Phi) is 3.17. The molecule has 0 amide bonds. The van der Waals surface area contributed by atoms with Crippen LogP contribution in [-0.2, 0) is 0 Å². The molecule has 20 heavy (non-hydrogen) atoms. The van der Waals surface area contributed by atoms with E-state index < -0.39 is 0 Å². The van der Waals surface area contributed by atoms with Crippen molar-refractivity contribution in [1.29, 1.82) is 0 Å². The normalized spacial score (nSPS) is 16.9. The number of hydrogen-bond acceptors (Lipinski definition) is 5. The van der Waals surface area contributed by atoms with Crippen molar-refractivity contribution in [3.63, 3.8) is 0 Å². The van der Waals surface area contributed by atoms with Gasteiger partial charge in [-0.05, 0) is 19.2 Å². The van der Waals surface area contributed by atoms with Gasteiger partial charge in [-0.25, -0.2) is 4.52 Å². The van der Waals surface area contributed by atoms with E-state index >= 15 is 0 Å². The number of fused-ring (bicyclic) bond motifs is 1. The smallest absolute Gasteiger partial charge is 0.175 e. The van der Waals surface area contributed by atoms with Gasteiger partial charge in [-0.2, -0.15) is 0 Å². The third-order valence-electron chi connectivity index (χ3n) is 3.94. The standard InChI is InChI=1S/C14H22N6/c1-17(2)11-5-4-6-20-13(11)12(15)14(16-20)19-9-7-18(3)8-10-19/h4-6H,7-10,15H2,1-3H3. The monoisotopic (exact) mass is 274 g/mol. The molecule has 3 rings (SSSR count). The first kappa shape index (κ1) is 13.1. The molecular formula is C14H22N6. The molecule has 1 aliphatic heterocycles. The Bertz CT molecular complexity index is 609. The van der Waals surface area contributed by atoms with Gasteiger partial charge in [0.1, 0.15) is 11.2 Å². The van der Waals surface area contributed by atoms with E-state index in [1.807, 2.05) is 30.9 Å². The van der Waals surface area contributed by atoms with E-state index in [0.717, 1.165) is 48.9 Å². The number of nitrogens with two attached hydrogens (primary N) is 1. The summed E-state index contributed by atoms with van der Waals surface area (Å²) in [4.78, 5) is 6.68. The molecule has 0 aliphatic carbocycles. The van der Waals surface area contributed by atoms with Crippen molar-refractivity contribution in [2.24, 2.45) is 0 Å². The lowest BCUT2D eigenvalue weighted by molar-refractivity contribution is 0.312. The van der Waals surface area contributed by atoms with E-state index in [0.29, 0.717) is 0 Å². The van der Waals surface area contributed by atoms with Crippen molar-refractivity contribution in [3.8, 4) is 0 Å². The van der Waals surface area contributed by atoms with Crippen molar-refractivity contribution in [2.45, 2.75) is 0 Å². The lowest BCUT2D eigenvalue weighted by atomic mass is 10.2. The minimum absolute atomic E-state index is 0.777. The van der Waals surface area contributed by atoms with Crippen molar-refractivity contribution < 1.29 is 0 Å². The average Bonchev–Trinajstić information content (AvgIpc) is 2.77. The van der Waals surface area contributed by atoms with E-state index in [-0.39, 0.29) is 0 Å². The van der Waals surface area contributed by atoms with Gasteiger partial charge >= 0.3 is 0 Å². The van der Waals surface area contributed by atoms with Gasteiger partial charge in [0.05, 0.1) is 5.69 Å². The van der Waals surface area contributed by atoms with Crippen LogP contribution in [0.25, 0.3) is 5.52 Å². The highest BCUT2D eigenvalue weighted by molar-refractivity contribution is 5.91. The zero-order valence-electron chi connectivity index (χ0n) is 12.4. The predicted octanol–water partition coefficient (Wildman–Crippen LogP) is 0.734. The molecule has 0 bridgehead atoms. The van der Waals surface area contributed by atoms with E-state index in [2.05, 4.69) is 32.9 Å². The van der Waals surface area contributed by atoms with E-state index in [9.17, 15) is 0 Å². The number of pyridine rings is 1. The van der Waals surface area contributed by atoms with Crippen LogP contribution in [0.4, 0.5) is 17.2 Å². The number of hydrogen-bond donors (Lipinski definition) is 1. The molecule has 0 aromatic carbocycles. The maximum atomic E-state index is 6.38. The molecule has 2 N–H and O–H groups in total. The second-order valence-electron chi connectivity index (χ2n) is 5.61. The zero-order chi connectivity index (χ0) is 14.3. The zero-order valence-corrected chi connectivity index (χ0v) is 12.4. The van der Waals surface area contributed by atoms with Crippen LogP contribution in [-0.4, -0.2) is 61.8 Å². The summed E-state index contributed by atoms with van der Waals surface area (Å²) in [5, 5.41) is 4.68. The quantitative estimate of drug-likeness (QED) is 0.875. The maximum Gasteiger partial charge on any atom is 0.175 e. The molecule has 108 valence electrons. The number of nitrogen functional groups attached to an aromatic ring is 1. The summed E-state index contributed by atoms with van der Waals surface area (Å²) in [6.45, 7) is 4.05. The van der Waals surface area contributed by atoms with E-state index in [1.54, 1.807) is 0 Å². The highest BCUT2D eigenvalue weighted by Crippen LogP contribution is 2.32. The van der Waals surface area contributed by atoms with Crippen LogP contribution < -0.4 is 15.5 Å². The largest absolute Gasteiger partial charge is 0.394 e. The van der Waals surface area contributed by atoms with E-state index in [1.165, 1.54) is 0 Å². The third-order valence-corrected chi connectivity index (χ3v) is 3.94. The first-order valence-corrected chi connectivity index (χ1v) is 6.95. The van der Waals surface area contributed by atoms with Gasteiger partial charge in [-0.1, -0.05) is 0 Å². The molecule has 1 saturated heterocycles. The molecule has 0 spiro atoms. The predicted molar refractivity (Wildman–Crippen MR) is 83.6 cm³/mol. The lowest BCUT2D eigenvalue weighted by Gasteiger charge is -2.32. The molecule has 2 aromatic rings. The summed E-state index contributed by atoms with van der Waals surface area (Å²) in [7, 11) is 6.20. The number of piperazine rings is 1. The van der Waals surface area contributed by atoms with Gasteiger partial charge in [0.15, 0.2) is 5.82 Å². The summed E-state index contributed by atoms with van der Waals surface area (Å²) in [5.41, 5.74) is 9.24. The number of likely N-dealkylation sites (N-methyl/N-ethyl adjacent to an activating group) is 1. The van der Waals surface area contributed by atoms with Crippen molar-refractivity contribution in [3.05, 3.63) is 18.3 Å². The number of aromatic nitrogens is 2. The van der Waals surface area contributed by atoms with Gasteiger partial charge in [0, 0.05) is 46.5 Å². The molecule has 6 nitrogen and oxygen atoms in total. The van der Waals surface area contributed by atoms with Crippen LogP contribution in [0.15, 0.2) is 18.3 Å². The fourth-order valence-corrected chi connectivity index (χ4v) is 2.71. The molecule has 0 atom stereocenters. The Labute approximate surface area is 119 Å². The molecule has 3 heterocycles. The van der Waals surface area contributed by atoms with Crippen LogP contribution in [0.3, 0.4) is 0 Å². The second-order valence-corrected chi connectivity index (χ2v) is 5.61. The van der Waals surface area contributed by atoms with Gasteiger partial charge in [0.2, 0.25) is 0 Å². The Morgan fingerprint density at radius 2 is 1.90 bits per heavy atom. The molecule has 2 aromatic heterocycles. The SMILES string of the molecule is CN1CCN(c2nn3cccc(N(C)C)c3c2N)CC1. The minimum atomic E-state index is 0.777.